The van der Waals surface area contributed by atoms with E-state index < -0.39 is 33.7 Å². The second kappa shape index (κ2) is 13.9. The van der Waals surface area contributed by atoms with Crippen LogP contribution < -0.4 is 32.4 Å². The van der Waals surface area contributed by atoms with E-state index >= 15 is 0 Å². The normalized spacial score (nSPS) is 11.4. The Hall–Kier alpha value is -7.16. The Bertz CT molecular complexity index is 3020. The Labute approximate surface area is 321 Å². The molecule has 0 saturated heterocycles. The number of nitrogens with zero attached hydrogens (tertiary/aromatic N) is 4. The summed E-state index contributed by atoms with van der Waals surface area (Å²) >= 11 is 1.70. The number of ether oxygens (including phenoxy) is 2. The van der Waals surface area contributed by atoms with Crippen molar-refractivity contribution >= 4 is 86.9 Å². The van der Waals surface area contributed by atoms with Crippen LogP contribution in [0, 0.1) is 0 Å². The fraction of sp³-hybridized carbons (Fsp3) is 0.0476. The van der Waals surface area contributed by atoms with Gasteiger partial charge in [0.25, 0.3) is 0 Å². The van der Waals surface area contributed by atoms with E-state index in [1.807, 2.05) is 12.1 Å². The van der Waals surface area contributed by atoms with Gasteiger partial charge in [-0.05, 0) is 11.1 Å². The van der Waals surface area contributed by atoms with E-state index in [9.17, 15) is 28.8 Å². The van der Waals surface area contributed by atoms with Gasteiger partial charge in [0, 0.05) is 21.5 Å². The molecule has 56 heavy (non-hydrogen) atoms. The number of hydrogen-bond acceptors (Lipinski definition) is 14. The molecule has 0 aliphatic carbocycles. The zero-order valence-electron chi connectivity index (χ0n) is 28.7. The molecule has 0 aliphatic rings. The monoisotopic (exact) mass is 774 g/mol. The molecule has 0 radical (unpaired) electrons. The van der Waals surface area contributed by atoms with Crippen molar-refractivity contribution in [1.29, 1.82) is 0 Å². The molecule has 0 saturated carbocycles. The average Bonchev–Trinajstić information content (AvgIpc) is 3.96. The highest BCUT2D eigenvalue weighted by atomic mass is 32.1. The van der Waals surface area contributed by atoms with Crippen LogP contribution >= 0.6 is 22.7 Å². The van der Waals surface area contributed by atoms with Crippen molar-refractivity contribution in [2.75, 3.05) is 0 Å². The van der Waals surface area contributed by atoms with Crippen molar-refractivity contribution in [1.82, 2.24) is 9.97 Å². The lowest BCUT2D eigenvalue weighted by Crippen LogP contribution is -2.31. The third-order valence-electron chi connectivity index (χ3n) is 9.10. The van der Waals surface area contributed by atoms with Gasteiger partial charge < -0.3 is 9.47 Å². The molecule has 14 heteroatoms. The van der Waals surface area contributed by atoms with Crippen molar-refractivity contribution in [3.63, 3.8) is 0 Å². The van der Waals surface area contributed by atoms with Gasteiger partial charge in [-0.15, -0.1) is 0 Å². The number of aromatic nitrogens is 2. The fourth-order valence-electron chi connectivity index (χ4n) is 6.44. The van der Waals surface area contributed by atoms with Gasteiger partial charge in [-0.3, -0.25) is 19.2 Å². The van der Waals surface area contributed by atoms with Gasteiger partial charge >= 0.3 is 11.9 Å². The van der Waals surface area contributed by atoms with Crippen molar-refractivity contribution in [2.24, 2.45) is 9.98 Å². The van der Waals surface area contributed by atoms with Crippen LogP contribution in [0.4, 0.5) is 10.3 Å². The van der Waals surface area contributed by atoms with Crippen LogP contribution in [0.25, 0.3) is 42.0 Å². The van der Waals surface area contributed by atoms with Crippen molar-refractivity contribution in [3.8, 4) is 0 Å². The molecule has 0 aliphatic heterocycles. The largest absolute Gasteiger partial charge is 0.457 e. The second-order valence-electron chi connectivity index (χ2n) is 12.6. The molecule has 0 atom stereocenters. The number of rotatable bonds is 8. The van der Waals surface area contributed by atoms with Crippen LogP contribution in [0.2, 0.25) is 0 Å². The maximum Gasteiger partial charge on any atom is 0.342 e. The predicted molar refractivity (Wildman–Crippen MR) is 212 cm³/mol. The summed E-state index contributed by atoms with van der Waals surface area (Å²) in [4.78, 5) is 99.4. The van der Waals surface area contributed by atoms with Crippen LogP contribution in [0.1, 0.15) is 31.8 Å². The summed E-state index contributed by atoms with van der Waals surface area (Å²) in [5.74, 6) is -1.66. The zero-order valence-corrected chi connectivity index (χ0v) is 30.3. The molecule has 7 aromatic carbocycles. The van der Waals surface area contributed by atoms with Crippen LogP contribution in [0.5, 0.6) is 0 Å². The molecule has 0 N–H and O–H groups in total. The average molecular weight is 775 g/mol. The molecule has 2 heterocycles. The minimum atomic E-state index is -0.832. The lowest BCUT2D eigenvalue weighted by Gasteiger charge is -2.10. The number of thiazole rings is 2. The summed E-state index contributed by atoms with van der Waals surface area (Å²) in [5, 5.41) is -0.0904. The summed E-state index contributed by atoms with van der Waals surface area (Å²) in [6.07, 6.45) is 0. The first-order chi connectivity index (χ1) is 27.3. The number of fused-ring (bicyclic) bond motifs is 4. The molecule has 9 aromatic rings. The predicted octanol–water partition coefficient (Wildman–Crippen LogP) is 5.58. The van der Waals surface area contributed by atoms with E-state index in [2.05, 4.69) is 20.0 Å². The second-order valence-corrected chi connectivity index (χ2v) is 14.5. The van der Waals surface area contributed by atoms with Gasteiger partial charge in [-0.2, -0.15) is 0 Å². The summed E-state index contributed by atoms with van der Waals surface area (Å²) in [6, 6.07) is 30.6. The Morgan fingerprint density at radius 2 is 0.804 bits per heavy atom. The van der Waals surface area contributed by atoms with Crippen molar-refractivity contribution < 1.29 is 19.1 Å². The Morgan fingerprint density at radius 3 is 1.14 bits per heavy atom. The lowest BCUT2D eigenvalue weighted by atomic mass is 10.1. The van der Waals surface area contributed by atoms with E-state index in [0.717, 1.165) is 22.7 Å². The third-order valence-corrected chi connectivity index (χ3v) is 11.0. The summed E-state index contributed by atoms with van der Waals surface area (Å²) in [7, 11) is 0. The van der Waals surface area contributed by atoms with Gasteiger partial charge in [0.05, 0.1) is 9.40 Å². The first-order valence-corrected chi connectivity index (χ1v) is 18.6. The van der Waals surface area contributed by atoms with E-state index in [0.29, 0.717) is 11.1 Å². The van der Waals surface area contributed by atoms with Gasteiger partial charge in [0.2, 0.25) is 32.0 Å². The quantitative estimate of drug-likeness (QED) is 0.178. The number of carbonyl (C=O) groups excluding carboxylic acids is 2. The highest BCUT2D eigenvalue weighted by Crippen LogP contribution is 2.43. The molecule has 0 bridgehead atoms. The van der Waals surface area contributed by atoms with E-state index in [1.54, 1.807) is 72.8 Å². The minimum Gasteiger partial charge on any atom is -0.457 e. The third kappa shape index (κ3) is 5.93. The van der Waals surface area contributed by atoms with Crippen LogP contribution in [0.15, 0.2) is 138 Å². The minimum absolute atomic E-state index is 0.0229. The maximum absolute atomic E-state index is 14.2. The molecular weight excluding hydrogens is 753 g/mol. The fourth-order valence-corrected chi connectivity index (χ4v) is 8.41. The Balaban J connectivity index is 1.29. The summed E-state index contributed by atoms with van der Waals surface area (Å²) in [5.41, 5.74) is -1.18. The molecule has 0 spiro atoms. The molecule has 270 valence electrons. The van der Waals surface area contributed by atoms with Gasteiger partial charge in [-0.1, -0.05) is 132 Å². The lowest BCUT2D eigenvalue weighted by molar-refractivity contribution is 0.0465. The smallest absolute Gasteiger partial charge is 0.342 e. The SMILES string of the molecule is O=C(OCc1ccccc1)c1c2nc(N=c3c(=O)c4ccccc4c3=O)sc2c(C(=O)OCc2ccccc2)c2nc(N=c3c(=O)c4ccccc4c3=O)sc12. The number of benzene rings is 5. The molecule has 9 rings (SSSR count). The molecular formula is C42H22N4O8S2. The molecule has 0 amide bonds. The Morgan fingerprint density at radius 1 is 0.482 bits per heavy atom. The van der Waals surface area contributed by atoms with Gasteiger partial charge in [0.15, 0.2) is 10.7 Å². The Kier molecular flexibility index (Phi) is 8.60. The first-order valence-electron chi connectivity index (χ1n) is 17.0. The summed E-state index contributed by atoms with van der Waals surface area (Å²) < 4.78 is 11.8. The molecule has 12 nitrogen and oxygen atoms in total. The highest BCUT2D eigenvalue weighted by Gasteiger charge is 2.31. The highest BCUT2D eigenvalue weighted by molar-refractivity contribution is 7.24. The van der Waals surface area contributed by atoms with Crippen LogP contribution in [-0.2, 0) is 22.7 Å². The van der Waals surface area contributed by atoms with Crippen molar-refractivity contribution in [2.45, 2.75) is 13.2 Å². The molecule has 2 aromatic heterocycles. The molecule has 0 fully saturated rings. The van der Waals surface area contributed by atoms with Gasteiger partial charge in [-0.25, -0.2) is 29.5 Å². The van der Waals surface area contributed by atoms with Gasteiger partial charge in [0.1, 0.15) is 35.4 Å². The number of hydrogen-bond donors (Lipinski definition) is 0. The topological polar surface area (TPSA) is 171 Å². The maximum atomic E-state index is 14.2. The number of esters is 2. The zero-order chi connectivity index (χ0) is 38.5. The van der Waals surface area contributed by atoms with E-state index in [1.165, 1.54) is 24.3 Å². The van der Waals surface area contributed by atoms with Crippen molar-refractivity contribution in [3.05, 3.63) is 183 Å². The summed E-state index contributed by atoms with van der Waals surface area (Å²) in [6.45, 7) is -0.224. The van der Waals surface area contributed by atoms with Crippen LogP contribution in [0.3, 0.4) is 0 Å². The first kappa shape index (κ1) is 34.6. The standard InChI is InChI=1S/C42H22N4O8S2/c47-33-23-15-7-8-16-24(23)34(48)31(33)45-41-43-29-27(39(51)53-19-21-11-3-1-4-12-21)37-30(28(38(29)56-41)40(52)54-20-22-13-5-2-6-14-22)44-42(55-37)46-32-35(49)25-17-9-10-18-26(25)36(32)50/h1-18H,19-20H2. The molecule has 0 unspecified atom stereocenters. The number of carbonyl (C=O) groups is 2. The van der Waals surface area contributed by atoms with E-state index in [-0.39, 0.29) is 87.3 Å². The van der Waals surface area contributed by atoms with E-state index in [4.69, 9.17) is 9.47 Å². The van der Waals surface area contributed by atoms with Crippen LogP contribution in [-0.4, -0.2) is 21.9 Å².